The van der Waals surface area contributed by atoms with Crippen LogP contribution in [0, 0.1) is 0 Å². The van der Waals surface area contributed by atoms with Crippen LogP contribution >= 0.6 is 0 Å². The Hall–Kier alpha value is -1.59. The highest BCUT2D eigenvalue weighted by molar-refractivity contribution is 5.44. The quantitative estimate of drug-likeness (QED) is 0.869. The SMILES string of the molecule is CCNc1nc(NC2CCCC2)nc(N2CCCCC2)n1. The molecule has 0 unspecified atom stereocenters. The Morgan fingerprint density at radius 1 is 0.952 bits per heavy atom. The van der Waals surface area contributed by atoms with Crippen LogP contribution in [-0.4, -0.2) is 40.6 Å². The molecule has 0 atom stereocenters. The zero-order valence-electron chi connectivity index (χ0n) is 12.9. The summed E-state index contributed by atoms with van der Waals surface area (Å²) in [6.07, 6.45) is 8.84. The molecule has 0 aromatic carbocycles. The van der Waals surface area contributed by atoms with Gasteiger partial charge in [-0.25, -0.2) is 0 Å². The molecule has 1 saturated heterocycles. The zero-order valence-corrected chi connectivity index (χ0v) is 12.9. The van der Waals surface area contributed by atoms with Gasteiger partial charge in [-0.05, 0) is 39.0 Å². The Kier molecular flexibility index (Phi) is 4.72. The predicted molar refractivity (Wildman–Crippen MR) is 85.9 cm³/mol. The second kappa shape index (κ2) is 6.91. The van der Waals surface area contributed by atoms with Crippen molar-refractivity contribution in [2.75, 3.05) is 35.2 Å². The molecule has 0 spiro atoms. The lowest BCUT2D eigenvalue weighted by atomic mass is 10.1. The lowest BCUT2D eigenvalue weighted by molar-refractivity contribution is 0.567. The van der Waals surface area contributed by atoms with E-state index < -0.39 is 0 Å². The van der Waals surface area contributed by atoms with Gasteiger partial charge in [-0.15, -0.1) is 0 Å². The van der Waals surface area contributed by atoms with Crippen LogP contribution in [0.3, 0.4) is 0 Å². The maximum atomic E-state index is 4.66. The van der Waals surface area contributed by atoms with Gasteiger partial charge >= 0.3 is 0 Å². The first-order valence-corrected chi connectivity index (χ1v) is 8.36. The van der Waals surface area contributed by atoms with Crippen LogP contribution in [0.15, 0.2) is 0 Å². The number of nitrogens with zero attached hydrogens (tertiary/aromatic N) is 4. The van der Waals surface area contributed by atoms with E-state index in [1.54, 1.807) is 0 Å². The number of anilines is 3. The van der Waals surface area contributed by atoms with Crippen LogP contribution in [0.5, 0.6) is 0 Å². The number of piperidine rings is 1. The monoisotopic (exact) mass is 290 g/mol. The van der Waals surface area contributed by atoms with Crippen molar-refractivity contribution >= 4 is 17.8 Å². The molecule has 1 aliphatic carbocycles. The Bertz CT molecular complexity index is 451. The summed E-state index contributed by atoms with van der Waals surface area (Å²) < 4.78 is 0. The van der Waals surface area contributed by atoms with Crippen molar-refractivity contribution in [1.82, 2.24) is 15.0 Å². The van der Waals surface area contributed by atoms with Gasteiger partial charge in [-0.2, -0.15) is 15.0 Å². The number of hydrogen-bond donors (Lipinski definition) is 2. The van der Waals surface area contributed by atoms with E-state index in [2.05, 4.69) is 37.4 Å². The molecule has 0 amide bonds. The molecular formula is C15H26N6. The summed E-state index contributed by atoms with van der Waals surface area (Å²) >= 11 is 0. The molecule has 6 heteroatoms. The van der Waals surface area contributed by atoms with Crippen molar-refractivity contribution in [3.63, 3.8) is 0 Å². The van der Waals surface area contributed by atoms with Crippen molar-refractivity contribution in [3.8, 4) is 0 Å². The molecule has 6 nitrogen and oxygen atoms in total. The van der Waals surface area contributed by atoms with Gasteiger partial charge in [0, 0.05) is 25.7 Å². The highest BCUT2D eigenvalue weighted by Crippen LogP contribution is 2.23. The van der Waals surface area contributed by atoms with E-state index in [1.807, 2.05) is 0 Å². The van der Waals surface area contributed by atoms with Crippen molar-refractivity contribution in [2.24, 2.45) is 0 Å². The van der Waals surface area contributed by atoms with E-state index in [9.17, 15) is 0 Å². The number of hydrogen-bond acceptors (Lipinski definition) is 6. The van der Waals surface area contributed by atoms with Crippen LogP contribution in [0.4, 0.5) is 17.8 Å². The minimum atomic E-state index is 0.524. The Morgan fingerprint density at radius 2 is 1.67 bits per heavy atom. The van der Waals surface area contributed by atoms with Gasteiger partial charge in [0.15, 0.2) is 0 Å². The first-order valence-electron chi connectivity index (χ1n) is 8.36. The molecule has 1 aromatic rings. The van der Waals surface area contributed by atoms with Crippen molar-refractivity contribution in [3.05, 3.63) is 0 Å². The van der Waals surface area contributed by atoms with Gasteiger partial charge < -0.3 is 15.5 Å². The van der Waals surface area contributed by atoms with Crippen LogP contribution in [0.25, 0.3) is 0 Å². The lowest BCUT2D eigenvalue weighted by Crippen LogP contribution is -2.32. The molecule has 2 N–H and O–H groups in total. The van der Waals surface area contributed by atoms with E-state index in [0.717, 1.165) is 31.5 Å². The summed E-state index contributed by atoms with van der Waals surface area (Å²) in [6, 6.07) is 0.524. The normalized spacial score (nSPS) is 19.8. The number of nitrogens with one attached hydrogen (secondary N) is 2. The molecular weight excluding hydrogens is 264 g/mol. The minimum Gasteiger partial charge on any atom is -0.354 e. The smallest absolute Gasteiger partial charge is 0.231 e. The minimum absolute atomic E-state index is 0.524. The van der Waals surface area contributed by atoms with Crippen LogP contribution in [0.1, 0.15) is 51.9 Å². The summed E-state index contributed by atoms with van der Waals surface area (Å²) in [5.41, 5.74) is 0. The topological polar surface area (TPSA) is 66.0 Å². The van der Waals surface area contributed by atoms with Gasteiger partial charge in [-0.1, -0.05) is 12.8 Å². The van der Waals surface area contributed by atoms with E-state index >= 15 is 0 Å². The predicted octanol–water partition coefficient (Wildman–Crippen LogP) is 2.65. The van der Waals surface area contributed by atoms with Crippen LogP contribution in [-0.2, 0) is 0 Å². The van der Waals surface area contributed by atoms with Crippen molar-refractivity contribution < 1.29 is 0 Å². The Labute approximate surface area is 126 Å². The third-order valence-electron chi connectivity index (χ3n) is 4.29. The highest BCUT2D eigenvalue weighted by atomic mass is 15.3. The van der Waals surface area contributed by atoms with Crippen molar-refractivity contribution in [1.29, 1.82) is 0 Å². The van der Waals surface area contributed by atoms with Crippen LogP contribution in [0.2, 0.25) is 0 Å². The average molecular weight is 290 g/mol. The second-order valence-corrected chi connectivity index (χ2v) is 5.99. The van der Waals surface area contributed by atoms with Gasteiger partial charge in [0.05, 0.1) is 0 Å². The Balaban J connectivity index is 1.78. The summed E-state index contributed by atoms with van der Waals surface area (Å²) in [7, 11) is 0. The summed E-state index contributed by atoms with van der Waals surface area (Å²) in [5, 5.41) is 6.71. The third kappa shape index (κ3) is 3.74. The summed E-state index contributed by atoms with van der Waals surface area (Å²) in [6.45, 7) is 5.00. The fourth-order valence-electron chi connectivity index (χ4n) is 3.15. The fourth-order valence-corrected chi connectivity index (χ4v) is 3.15. The van der Waals surface area contributed by atoms with E-state index in [0.29, 0.717) is 12.0 Å². The molecule has 2 aliphatic rings. The number of rotatable bonds is 5. The summed E-state index contributed by atoms with van der Waals surface area (Å²) in [5.74, 6) is 2.24. The second-order valence-electron chi connectivity index (χ2n) is 5.99. The molecule has 1 aliphatic heterocycles. The standard InChI is InChI=1S/C15H26N6/c1-2-16-13-18-14(17-12-8-4-5-9-12)20-15(19-13)21-10-6-3-7-11-21/h12H,2-11H2,1H3,(H2,16,17,18,19,20). The van der Waals surface area contributed by atoms with Gasteiger partial charge in [0.25, 0.3) is 0 Å². The molecule has 21 heavy (non-hydrogen) atoms. The van der Waals surface area contributed by atoms with Gasteiger partial charge in [0.1, 0.15) is 0 Å². The molecule has 0 radical (unpaired) electrons. The lowest BCUT2D eigenvalue weighted by Gasteiger charge is -2.27. The van der Waals surface area contributed by atoms with E-state index in [-0.39, 0.29) is 0 Å². The maximum Gasteiger partial charge on any atom is 0.231 e. The molecule has 1 saturated carbocycles. The van der Waals surface area contributed by atoms with Crippen molar-refractivity contribution in [2.45, 2.75) is 57.9 Å². The highest BCUT2D eigenvalue weighted by Gasteiger charge is 2.19. The third-order valence-corrected chi connectivity index (χ3v) is 4.29. The Morgan fingerprint density at radius 3 is 2.38 bits per heavy atom. The maximum absolute atomic E-state index is 4.66. The average Bonchev–Trinajstić information content (AvgIpc) is 3.01. The fraction of sp³-hybridized carbons (Fsp3) is 0.800. The van der Waals surface area contributed by atoms with E-state index in [1.165, 1.54) is 44.9 Å². The largest absolute Gasteiger partial charge is 0.354 e. The van der Waals surface area contributed by atoms with Crippen LogP contribution < -0.4 is 15.5 Å². The summed E-state index contributed by atoms with van der Waals surface area (Å²) in [4.78, 5) is 16.0. The van der Waals surface area contributed by atoms with E-state index in [4.69, 9.17) is 0 Å². The molecule has 0 bridgehead atoms. The molecule has 2 fully saturated rings. The van der Waals surface area contributed by atoms with Gasteiger partial charge in [0.2, 0.25) is 17.8 Å². The first-order chi connectivity index (χ1) is 10.3. The number of aromatic nitrogens is 3. The first kappa shape index (κ1) is 14.4. The van der Waals surface area contributed by atoms with Gasteiger partial charge in [-0.3, -0.25) is 0 Å². The molecule has 2 heterocycles. The molecule has 3 rings (SSSR count). The molecule has 1 aromatic heterocycles. The molecule has 116 valence electrons. The zero-order chi connectivity index (χ0) is 14.5.